The summed E-state index contributed by atoms with van der Waals surface area (Å²) in [4.78, 5) is 26.8. The van der Waals surface area contributed by atoms with Crippen molar-refractivity contribution in [1.29, 1.82) is 10.5 Å². The fraction of sp³-hybridized carbons (Fsp3) is 0.565. The van der Waals surface area contributed by atoms with E-state index < -0.39 is 29.6 Å². The number of carbonyl (C=O) groups excluding carboxylic acids is 2. The molecule has 2 rings (SSSR count). The zero-order valence-electron chi connectivity index (χ0n) is 18.8. The molecule has 9 heteroatoms. The Bertz CT molecular complexity index is 900. The summed E-state index contributed by atoms with van der Waals surface area (Å²) in [6, 6.07) is 7.09. The van der Waals surface area contributed by atoms with E-state index in [1.807, 2.05) is 6.07 Å². The third-order valence-corrected chi connectivity index (χ3v) is 5.03. The van der Waals surface area contributed by atoms with Gasteiger partial charge in [0, 0.05) is 13.1 Å². The molecule has 1 fully saturated rings. The number of rotatable bonds is 8. The Morgan fingerprint density at radius 2 is 2.06 bits per heavy atom. The lowest BCUT2D eigenvalue weighted by atomic mass is 10.1. The number of halogens is 1. The normalized spacial score (nSPS) is 16.6. The molecule has 1 aliphatic heterocycles. The van der Waals surface area contributed by atoms with Gasteiger partial charge in [0.1, 0.15) is 35.1 Å². The van der Waals surface area contributed by atoms with Gasteiger partial charge in [0.05, 0.1) is 11.8 Å². The molecule has 1 aliphatic rings. The molecule has 2 N–H and O–H groups in total. The topological polar surface area (TPSA) is 118 Å². The molecule has 1 saturated heterocycles. The molecule has 172 valence electrons. The summed E-state index contributed by atoms with van der Waals surface area (Å²) >= 11 is 0. The van der Waals surface area contributed by atoms with Gasteiger partial charge in [0.25, 0.3) is 0 Å². The van der Waals surface area contributed by atoms with Gasteiger partial charge in [-0.3, -0.25) is 4.79 Å². The van der Waals surface area contributed by atoms with Crippen molar-refractivity contribution in [3.63, 3.8) is 0 Å². The zero-order valence-corrected chi connectivity index (χ0v) is 18.8. The van der Waals surface area contributed by atoms with Crippen molar-refractivity contribution < 1.29 is 18.7 Å². The smallest absolute Gasteiger partial charge is 0.408 e. The first-order valence-electron chi connectivity index (χ1n) is 10.8. The van der Waals surface area contributed by atoms with Crippen LogP contribution in [-0.2, 0) is 9.53 Å². The van der Waals surface area contributed by atoms with Gasteiger partial charge >= 0.3 is 6.09 Å². The Morgan fingerprint density at radius 1 is 1.31 bits per heavy atom. The maximum Gasteiger partial charge on any atom is 0.408 e. The maximum atomic E-state index is 13.7. The number of carbonyl (C=O) groups is 2. The highest BCUT2D eigenvalue weighted by Crippen LogP contribution is 2.20. The fourth-order valence-electron chi connectivity index (χ4n) is 3.55. The van der Waals surface area contributed by atoms with Crippen molar-refractivity contribution in [2.75, 3.05) is 18.4 Å². The van der Waals surface area contributed by atoms with Gasteiger partial charge in [-0.25, -0.2) is 9.18 Å². The number of unbranched alkanes of at least 4 members (excludes halogenated alkanes) is 1. The number of likely N-dealkylation sites (tertiary alicyclic amines) is 1. The van der Waals surface area contributed by atoms with Crippen LogP contribution in [0.5, 0.6) is 0 Å². The number of hydrogen-bond donors (Lipinski definition) is 2. The van der Waals surface area contributed by atoms with Gasteiger partial charge in [-0.2, -0.15) is 10.5 Å². The number of nitrogens with zero attached hydrogens (tertiary/aromatic N) is 3. The predicted molar refractivity (Wildman–Crippen MR) is 117 cm³/mol. The van der Waals surface area contributed by atoms with Gasteiger partial charge in [0.15, 0.2) is 0 Å². The standard InChI is InChI=1S/C23H30FN5O3/c1-23(2,3)32-22(31)28-20(21(30)29-13-7-8-16(29)14-25)10-4-5-12-27-19-11-6-9-18(24)17(19)15-26/h6,9,11,16,20,27H,4-5,7-8,10,12-13H2,1-3H3,(H,28,31)/t16-,20-/m0/s1. The van der Waals surface area contributed by atoms with E-state index in [0.29, 0.717) is 44.5 Å². The number of nitrogens with one attached hydrogen (secondary N) is 2. The van der Waals surface area contributed by atoms with Crippen LogP contribution in [0.15, 0.2) is 18.2 Å². The molecule has 8 nitrogen and oxygen atoms in total. The number of alkyl carbamates (subject to hydrolysis) is 1. The molecule has 2 amide bonds. The summed E-state index contributed by atoms with van der Waals surface area (Å²) in [6.07, 6.45) is 2.27. The number of benzene rings is 1. The van der Waals surface area contributed by atoms with E-state index in [2.05, 4.69) is 16.7 Å². The van der Waals surface area contributed by atoms with Crippen LogP contribution in [0.25, 0.3) is 0 Å². The Hall–Kier alpha value is -3.33. The lowest BCUT2D eigenvalue weighted by Gasteiger charge is -2.27. The first-order valence-corrected chi connectivity index (χ1v) is 10.8. The van der Waals surface area contributed by atoms with Crippen LogP contribution in [0.4, 0.5) is 14.9 Å². The van der Waals surface area contributed by atoms with Crippen LogP contribution >= 0.6 is 0 Å². The maximum absolute atomic E-state index is 13.7. The molecule has 0 bridgehead atoms. The van der Waals surface area contributed by atoms with Gasteiger partial charge < -0.3 is 20.3 Å². The van der Waals surface area contributed by atoms with E-state index >= 15 is 0 Å². The summed E-state index contributed by atoms with van der Waals surface area (Å²) in [5.41, 5.74) is -0.321. The van der Waals surface area contributed by atoms with Crippen LogP contribution < -0.4 is 10.6 Å². The molecular weight excluding hydrogens is 413 g/mol. The minimum absolute atomic E-state index is 0.0382. The van der Waals surface area contributed by atoms with Crippen molar-refractivity contribution in [1.82, 2.24) is 10.2 Å². The summed E-state index contributed by atoms with van der Waals surface area (Å²) < 4.78 is 19.0. The second-order valence-corrected chi connectivity index (χ2v) is 8.71. The minimum atomic E-state index is -0.803. The minimum Gasteiger partial charge on any atom is -0.444 e. The predicted octanol–water partition coefficient (Wildman–Crippen LogP) is 3.69. The van der Waals surface area contributed by atoms with Gasteiger partial charge in [-0.05, 0) is 65.0 Å². The quantitative estimate of drug-likeness (QED) is 0.592. The lowest BCUT2D eigenvalue weighted by Crippen LogP contribution is -2.50. The third kappa shape index (κ3) is 7.12. The molecule has 1 aromatic rings. The van der Waals surface area contributed by atoms with Crippen LogP contribution in [0.2, 0.25) is 0 Å². The van der Waals surface area contributed by atoms with Gasteiger partial charge in [-0.1, -0.05) is 6.07 Å². The number of nitriles is 2. The Morgan fingerprint density at radius 3 is 2.72 bits per heavy atom. The summed E-state index contributed by atoms with van der Waals surface area (Å²) in [5.74, 6) is -0.868. The largest absolute Gasteiger partial charge is 0.444 e. The third-order valence-electron chi connectivity index (χ3n) is 5.03. The lowest BCUT2D eigenvalue weighted by molar-refractivity contribution is -0.133. The molecule has 0 spiro atoms. The molecule has 32 heavy (non-hydrogen) atoms. The van der Waals surface area contributed by atoms with Crippen molar-refractivity contribution >= 4 is 17.7 Å². The Kier molecular flexibility index (Phi) is 8.83. The molecule has 0 radical (unpaired) electrons. The van der Waals surface area contributed by atoms with Crippen LogP contribution in [0.1, 0.15) is 58.4 Å². The number of anilines is 1. The summed E-state index contributed by atoms with van der Waals surface area (Å²) in [5, 5.41) is 24.1. The molecular formula is C23H30FN5O3. The number of amides is 2. The molecule has 0 aliphatic carbocycles. The SMILES string of the molecule is CC(C)(C)OC(=O)N[C@@H](CCCCNc1cccc(F)c1C#N)C(=O)N1CCC[C@H]1C#N. The number of hydrogen-bond acceptors (Lipinski definition) is 6. The first-order chi connectivity index (χ1) is 15.2. The summed E-state index contributed by atoms with van der Waals surface area (Å²) in [7, 11) is 0. The second kappa shape index (κ2) is 11.3. The molecule has 2 atom stereocenters. The Balaban J connectivity index is 1.95. The Labute approximate surface area is 188 Å². The highest BCUT2D eigenvalue weighted by Gasteiger charge is 2.34. The molecule has 1 aromatic carbocycles. The van der Waals surface area contributed by atoms with E-state index in [4.69, 9.17) is 10.00 Å². The van der Waals surface area contributed by atoms with Crippen LogP contribution in [0.3, 0.4) is 0 Å². The van der Waals surface area contributed by atoms with Crippen molar-refractivity contribution in [2.24, 2.45) is 0 Å². The second-order valence-electron chi connectivity index (χ2n) is 8.71. The van der Waals surface area contributed by atoms with Crippen molar-refractivity contribution in [3.05, 3.63) is 29.6 Å². The number of ether oxygens (including phenoxy) is 1. The van der Waals surface area contributed by atoms with E-state index in [1.54, 1.807) is 26.8 Å². The average Bonchev–Trinajstić information content (AvgIpc) is 3.19. The highest BCUT2D eigenvalue weighted by atomic mass is 19.1. The van der Waals surface area contributed by atoms with E-state index in [0.717, 1.165) is 6.42 Å². The summed E-state index contributed by atoms with van der Waals surface area (Å²) in [6.45, 7) is 6.17. The monoisotopic (exact) mass is 443 g/mol. The molecule has 0 aromatic heterocycles. The van der Waals surface area contributed by atoms with E-state index in [9.17, 15) is 19.2 Å². The van der Waals surface area contributed by atoms with Crippen LogP contribution in [0, 0.1) is 28.5 Å². The average molecular weight is 444 g/mol. The molecule has 1 heterocycles. The highest BCUT2D eigenvalue weighted by molar-refractivity contribution is 5.86. The zero-order chi connectivity index (χ0) is 23.7. The van der Waals surface area contributed by atoms with Gasteiger partial charge in [0.2, 0.25) is 5.91 Å². The first kappa shape index (κ1) is 24.9. The molecule has 0 unspecified atom stereocenters. The van der Waals surface area contributed by atoms with Gasteiger partial charge in [-0.15, -0.1) is 0 Å². The van der Waals surface area contributed by atoms with Crippen LogP contribution in [-0.4, -0.2) is 47.7 Å². The fourth-order valence-corrected chi connectivity index (χ4v) is 3.55. The van der Waals surface area contributed by atoms with Crippen molar-refractivity contribution in [3.8, 4) is 12.1 Å². The van der Waals surface area contributed by atoms with Crippen molar-refractivity contribution in [2.45, 2.75) is 70.6 Å². The van der Waals surface area contributed by atoms with E-state index in [1.165, 1.54) is 17.0 Å². The molecule has 0 saturated carbocycles. The van der Waals surface area contributed by atoms with E-state index in [-0.39, 0.29) is 11.5 Å².